The zero-order chi connectivity index (χ0) is 24.3. The number of nitrogens with zero attached hydrogens (tertiary/aromatic N) is 3. The van der Waals surface area contributed by atoms with Crippen LogP contribution in [0, 0.1) is 0 Å². The number of ether oxygens (including phenoxy) is 2. The number of hydroxylamine groups is 2. The fourth-order valence-electron chi connectivity index (χ4n) is 2.50. The smallest absolute Gasteiger partial charge is 0.420 e. The number of carbonyl (C=O) groups is 5. The number of carbonyl (C=O) groups excluding carboxylic acids is 5. The second-order valence-corrected chi connectivity index (χ2v) is 9.56. The van der Waals surface area contributed by atoms with Crippen LogP contribution in [0.1, 0.15) is 53.2 Å². The molecule has 1 aromatic rings. The minimum Gasteiger partial charge on any atom is -0.444 e. The molecule has 13 heteroatoms. The maximum atomic E-state index is 12.6. The lowest BCUT2D eigenvalue weighted by Crippen LogP contribution is -2.48. The molecule has 2 rings (SSSR count). The van der Waals surface area contributed by atoms with Crippen molar-refractivity contribution < 1.29 is 38.3 Å². The molecule has 0 aliphatic carbocycles. The summed E-state index contributed by atoms with van der Waals surface area (Å²) in [4.78, 5) is 68.4. The molecule has 3 amide bonds. The molecule has 2 heterocycles. The van der Waals surface area contributed by atoms with Crippen LogP contribution in [0.5, 0.6) is 0 Å². The number of hydrogen-bond acceptors (Lipinski definition) is 10. The number of hydrogen-bond donors (Lipinski definition) is 2. The third-order valence-corrected chi connectivity index (χ3v) is 3.85. The van der Waals surface area contributed by atoms with Gasteiger partial charge in [0, 0.05) is 25.5 Å². The van der Waals surface area contributed by atoms with Crippen LogP contribution >= 0.6 is 12.6 Å². The van der Waals surface area contributed by atoms with Crippen molar-refractivity contribution >= 4 is 42.6 Å². The number of nitrogens with one attached hydrogen (secondary N) is 1. The molecule has 0 bridgehead atoms. The quantitative estimate of drug-likeness (QED) is 0.359. The van der Waals surface area contributed by atoms with E-state index < -0.39 is 46.5 Å². The summed E-state index contributed by atoms with van der Waals surface area (Å²) >= 11 is 4.12. The van der Waals surface area contributed by atoms with Crippen molar-refractivity contribution in [1.82, 2.24) is 19.9 Å². The van der Waals surface area contributed by atoms with Gasteiger partial charge in [0.05, 0.1) is 5.69 Å². The summed E-state index contributed by atoms with van der Waals surface area (Å²) in [5, 5.41) is 2.71. The molecule has 12 nitrogen and oxygen atoms in total. The maximum Gasteiger partial charge on any atom is 0.420 e. The molecule has 0 aromatic carbocycles. The molecule has 1 aliphatic heterocycles. The molecule has 0 radical (unpaired) electrons. The predicted octanol–water partition coefficient (Wildman–Crippen LogP) is 1.58. The van der Waals surface area contributed by atoms with E-state index in [0.29, 0.717) is 5.06 Å². The van der Waals surface area contributed by atoms with Gasteiger partial charge in [0.2, 0.25) is 0 Å². The molecule has 1 N–H and O–H groups in total. The van der Waals surface area contributed by atoms with E-state index >= 15 is 0 Å². The Balaban J connectivity index is 2.16. The molecular formula is C19H26N4O8S. The SMILES string of the molecule is CC(C)(C)OC(=O)N[C@@H](Cc1cn(C(=O)OC(C)(C)S)cn1)C(=O)ON1C(=O)CCC1=O. The summed E-state index contributed by atoms with van der Waals surface area (Å²) in [7, 11) is 0. The third-order valence-electron chi connectivity index (χ3n) is 3.76. The van der Waals surface area contributed by atoms with Gasteiger partial charge in [-0.15, -0.1) is 17.7 Å². The van der Waals surface area contributed by atoms with E-state index in [1.54, 1.807) is 34.6 Å². The van der Waals surface area contributed by atoms with Crippen LogP contribution in [0.3, 0.4) is 0 Å². The van der Waals surface area contributed by atoms with Gasteiger partial charge in [-0.3, -0.25) is 9.59 Å². The number of imide groups is 1. The molecule has 0 unspecified atom stereocenters. The van der Waals surface area contributed by atoms with E-state index in [-0.39, 0.29) is 25.0 Å². The topological polar surface area (TPSA) is 146 Å². The monoisotopic (exact) mass is 470 g/mol. The Morgan fingerprint density at radius 3 is 2.25 bits per heavy atom. The van der Waals surface area contributed by atoms with Crippen molar-refractivity contribution in [3.05, 3.63) is 18.2 Å². The van der Waals surface area contributed by atoms with Crippen LogP contribution in [0.2, 0.25) is 0 Å². The highest BCUT2D eigenvalue weighted by Crippen LogP contribution is 2.16. The van der Waals surface area contributed by atoms with E-state index in [9.17, 15) is 24.0 Å². The Kier molecular flexibility index (Phi) is 7.54. The number of alkyl carbamates (subject to hydrolysis) is 1. The average Bonchev–Trinajstić information content (AvgIpc) is 3.20. The van der Waals surface area contributed by atoms with Gasteiger partial charge in [-0.2, -0.15) is 0 Å². The Morgan fingerprint density at radius 1 is 1.12 bits per heavy atom. The van der Waals surface area contributed by atoms with Crippen molar-refractivity contribution in [3.8, 4) is 0 Å². The minimum absolute atomic E-state index is 0.0791. The maximum absolute atomic E-state index is 12.6. The van der Waals surface area contributed by atoms with Gasteiger partial charge in [-0.05, 0) is 34.6 Å². The molecule has 0 saturated carbocycles. The molecule has 0 spiro atoms. The lowest BCUT2D eigenvalue weighted by atomic mass is 10.1. The molecule has 176 valence electrons. The molecule has 1 saturated heterocycles. The molecule has 1 aliphatic rings. The van der Waals surface area contributed by atoms with Gasteiger partial charge >= 0.3 is 18.2 Å². The van der Waals surface area contributed by atoms with E-state index in [1.165, 1.54) is 12.5 Å². The van der Waals surface area contributed by atoms with Gasteiger partial charge in [0.1, 0.15) is 18.0 Å². The third kappa shape index (κ3) is 7.55. The Labute approximate surface area is 189 Å². The van der Waals surface area contributed by atoms with E-state index in [4.69, 9.17) is 14.3 Å². The number of thiol groups is 1. The summed E-state index contributed by atoms with van der Waals surface area (Å²) in [6, 6.07) is -1.37. The Bertz CT molecular complexity index is 899. The first-order chi connectivity index (χ1) is 14.6. The van der Waals surface area contributed by atoms with Crippen LogP contribution in [-0.2, 0) is 35.1 Å². The van der Waals surface area contributed by atoms with E-state index in [0.717, 1.165) is 4.57 Å². The van der Waals surface area contributed by atoms with Crippen LogP contribution in [0.15, 0.2) is 12.5 Å². The van der Waals surface area contributed by atoms with Crippen LogP contribution in [0.4, 0.5) is 9.59 Å². The Morgan fingerprint density at radius 2 is 1.72 bits per heavy atom. The summed E-state index contributed by atoms with van der Waals surface area (Å²) in [6.07, 6.45) is 0.407. The molecule has 1 atom stereocenters. The standard InChI is InChI=1S/C19H26N4O8S/c1-18(2,3)29-16(27)21-12(15(26)31-23-13(24)6-7-14(23)25)8-11-9-22(10-20-11)17(28)30-19(4,5)32/h9-10,12,32H,6-8H2,1-5H3,(H,21,27)/t12-/m0/s1. The van der Waals surface area contributed by atoms with Gasteiger partial charge < -0.3 is 19.6 Å². The fourth-order valence-corrected chi connectivity index (χ4v) is 2.58. The number of amides is 3. The second kappa shape index (κ2) is 9.59. The largest absolute Gasteiger partial charge is 0.444 e. The summed E-state index contributed by atoms with van der Waals surface area (Å²) < 4.78 is 11.3. The summed E-state index contributed by atoms with van der Waals surface area (Å²) in [5.41, 5.74) is -0.624. The normalized spacial score (nSPS) is 15.4. The lowest BCUT2D eigenvalue weighted by Gasteiger charge is -2.23. The number of imidazole rings is 1. The van der Waals surface area contributed by atoms with Gasteiger partial charge in [0.15, 0.2) is 4.93 Å². The summed E-state index contributed by atoms with van der Waals surface area (Å²) in [5.74, 6) is -2.41. The highest BCUT2D eigenvalue weighted by Gasteiger charge is 2.36. The molecule has 1 fully saturated rings. The first-order valence-corrected chi connectivity index (χ1v) is 10.1. The second-order valence-electron chi connectivity index (χ2n) is 8.48. The van der Waals surface area contributed by atoms with Crippen LogP contribution in [-0.4, -0.2) is 61.2 Å². The highest BCUT2D eigenvalue weighted by atomic mass is 32.1. The van der Waals surface area contributed by atoms with Crippen molar-refractivity contribution in [2.45, 2.75) is 70.5 Å². The summed E-state index contributed by atoms with van der Waals surface area (Å²) in [6.45, 7) is 8.06. The van der Waals surface area contributed by atoms with Crippen molar-refractivity contribution in [3.63, 3.8) is 0 Å². The molecular weight excluding hydrogens is 444 g/mol. The van der Waals surface area contributed by atoms with E-state index in [2.05, 4.69) is 22.9 Å². The van der Waals surface area contributed by atoms with Crippen molar-refractivity contribution in [2.24, 2.45) is 0 Å². The van der Waals surface area contributed by atoms with Gasteiger partial charge in [-0.25, -0.2) is 23.9 Å². The number of aromatic nitrogens is 2. The Hall–Kier alpha value is -3.09. The highest BCUT2D eigenvalue weighted by molar-refractivity contribution is 7.81. The predicted molar refractivity (Wildman–Crippen MR) is 111 cm³/mol. The molecule has 1 aromatic heterocycles. The zero-order valence-electron chi connectivity index (χ0n) is 18.4. The van der Waals surface area contributed by atoms with Gasteiger partial charge in [0.25, 0.3) is 11.8 Å². The van der Waals surface area contributed by atoms with E-state index in [1.807, 2.05) is 0 Å². The fraction of sp³-hybridized carbons (Fsp3) is 0.579. The van der Waals surface area contributed by atoms with Crippen LogP contribution in [0.25, 0.3) is 0 Å². The zero-order valence-corrected chi connectivity index (χ0v) is 19.3. The van der Waals surface area contributed by atoms with Gasteiger partial charge in [-0.1, -0.05) is 0 Å². The lowest BCUT2D eigenvalue weighted by molar-refractivity contribution is -0.198. The molecule has 32 heavy (non-hydrogen) atoms. The van der Waals surface area contributed by atoms with Crippen LogP contribution < -0.4 is 5.32 Å². The van der Waals surface area contributed by atoms with Crippen molar-refractivity contribution in [2.75, 3.05) is 0 Å². The van der Waals surface area contributed by atoms with Crippen molar-refractivity contribution in [1.29, 1.82) is 0 Å². The minimum atomic E-state index is -1.37. The average molecular weight is 471 g/mol. The first-order valence-electron chi connectivity index (χ1n) is 9.70. The first kappa shape index (κ1) is 25.2. The number of rotatable bonds is 6.